The average Bonchev–Trinajstić information content (AvgIpc) is 3.11. The minimum Gasteiger partial charge on any atom is -0.497 e. The van der Waals surface area contributed by atoms with Crippen LogP contribution in [-0.2, 0) is 19.1 Å². The number of carbonyl (C=O) groups excluding carboxylic acids is 4. The number of anilines is 1. The van der Waals surface area contributed by atoms with Gasteiger partial charge in [0.15, 0.2) is 18.1 Å². The zero-order valence-corrected chi connectivity index (χ0v) is 21.2. The number of nitrogens with one attached hydrogen (secondary N) is 1. The van der Waals surface area contributed by atoms with E-state index in [2.05, 4.69) is 10.1 Å². The van der Waals surface area contributed by atoms with Gasteiger partial charge in [0.25, 0.3) is 11.1 Å². The van der Waals surface area contributed by atoms with E-state index in [0.29, 0.717) is 28.8 Å². The molecule has 0 atom stereocenters. The molecule has 3 amide bonds. The van der Waals surface area contributed by atoms with Crippen molar-refractivity contribution in [1.29, 1.82) is 0 Å². The number of halogens is 1. The second kappa shape index (κ2) is 12.3. The summed E-state index contributed by atoms with van der Waals surface area (Å²) in [5.74, 6) is -0.725. The van der Waals surface area contributed by atoms with Crippen molar-refractivity contribution in [1.82, 2.24) is 4.90 Å². The van der Waals surface area contributed by atoms with E-state index in [-0.39, 0.29) is 34.6 Å². The number of ether oxygens (including phenoxy) is 4. The first kappa shape index (κ1) is 26.9. The molecule has 0 aromatic heterocycles. The first-order chi connectivity index (χ1) is 17.2. The lowest BCUT2D eigenvalue weighted by molar-refractivity contribution is -0.143. The maximum absolute atomic E-state index is 12.8. The average molecular weight is 535 g/mol. The Morgan fingerprint density at radius 2 is 1.83 bits per heavy atom. The van der Waals surface area contributed by atoms with Crippen molar-refractivity contribution in [2.24, 2.45) is 0 Å². The summed E-state index contributed by atoms with van der Waals surface area (Å²) in [5, 5.41) is 2.19. The monoisotopic (exact) mass is 534 g/mol. The molecule has 0 saturated carbocycles. The van der Waals surface area contributed by atoms with E-state index in [4.69, 9.17) is 25.8 Å². The molecule has 2 aromatic carbocycles. The molecule has 0 bridgehead atoms. The summed E-state index contributed by atoms with van der Waals surface area (Å²) in [4.78, 5) is 50.1. The number of benzene rings is 2. The van der Waals surface area contributed by atoms with Crippen LogP contribution in [0, 0.1) is 0 Å². The predicted molar refractivity (Wildman–Crippen MR) is 134 cm³/mol. The first-order valence-electron chi connectivity index (χ1n) is 10.6. The molecule has 1 fully saturated rings. The largest absolute Gasteiger partial charge is 0.497 e. The van der Waals surface area contributed by atoms with E-state index >= 15 is 0 Å². The first-order valence-corrected chi connectivity index (χ1v) is 11.8. The molecule has 36 heavy (non-hydrogen) atoms. The van der Waals surface area contributed by atoms with Crippen molar-refractivity contribution < 1.29 is 38.1 Å². The molecule has 190 valence electrons. The Labute approximate surface area is 216 Å². The summed E-state index contributed by atoms with van der Waals surface area (Å²) in [6.07, 6.45) is 1.46. The number of esters is 1. The van der Waals surface area contributed by atoms with Crippen LogP contribution in [0.3, 0.4) is 0 Å². The highest BCUT2D eigenvalue weighted by Crippen LogP contribution is 2.39. The zero-order chi connectivity index (χ0) is 26.2. The normalized spacial score (nSPS) is 14.1. The van der Waals surface area contributed by atoms with E-state index < -0.39 is 29.6 Å². The Balaban J connectivity index is 1.74. The Morgan fingerprint density at radius 1 is 1.11 bits per heavy atom. The van der Waals surface area contributed by atoms with Gasteiger partial charge in [0.1, 0.15) is 12.3 Å². The van der Waals surface area contributed by atoms with Gasteiger partial charge in [-0.25, -0.2) is 4.79 Å². The van der Waals surface area contributed by atoms with Gasteiger partial charge in [0.05, 0.1) is 30.8 Å². The van der Waals surface area contributed by atoms with Crippen molar-refractivity contribution in [2.45, 2.75) is 6.92 Å². The molecule has 3 rings (SSSR count). The Hall–Kier alpha value is -3.70. The Bertz CT molecular complexity index is 1200. The Kier molecular flexibility index (Phi) is 9.20. The fourth-order valence-corrected chi connectivity index (χ4v) is 4.18. The van der Waals surface area contributed by atoms with Crippen molar-refractivity contribution in [2.75, 3.05) is 39.3 Å². The van der Waals surface area contributed by atoms with Gasteiger partial charge in [-0.3, -0.25) is 19.3 Å². The Morgan fingerprint density at radius 3 is 2.47 bits per heavy atom. The molecule has 10 nitrogen and oxygen atoms in total. The van der Waals surface area contributed by atoms with Gasteiger partial charge in [-0.2, -0.15) is 0 Å². The second-order valence-electron chi connectivity index (χ2n) is 7.17. The van der Waals surface area contributed by atoms with Crippen LogP contribution in [0.25, 0.3) is 6.08 Å². The minimum atomic E-state index is -0.616. The second-order valence-corrected chi connectivity index (χ2v) is 8.57. The lowest BCUT2D eigenvalue weighted by Gasteiger charge is -2.14. The van der Waals surface area contributed by atoms with Crippen LogP contribution < -0.4 is 19.5 Å². The molecule has 2 aromatic rings. The fourth-order valence-electron chi connectivity index (χ4n) is 3.07. The van der Waals surface area contributed by atoms with Gasteiger partial charge in [0, 0.05) is 5.69 Å². The lowest BCUT2D eigenvalue weighted by atomic mass is 10.1. The van der Waals surface area contributed by atoms with Crippen LogP contribution in [0.15, 0.2) is 41.3 Å². The molecule has 1 N–H and O–H groups in total. The standard InChI is InChI=1S/C24H23ClN2O8S/c1-4-34-18-10-14(9-17(25)22(18)35-13-21(29)33-3)11-19-23(30)27(24(31)36-19)12-20(28)26-15-5-7-16(32-2)8-6-15/h5-11H,4,12-13H2,1-3H3,(H,26,28)/b19-11-. The van der Waals surface area contributed by atoms with Gasteiger partial charge >= 0.3 is 5.97 Å². The van der Waals surface area contributed by atoms with Crippen LogP contribution in [0.1, 0.15) is 12.5 Å². The van der Waals surface area contributed by atoms with Crippen molar-refractivity contribution in [3.8, 4) is 17.2 Å². The number of nitrogens with zero attached hydrogens (tertiary/aromatic N) is 1. The smallest absolute Gasteiger partial charge is 0.343 e. The van der Waals surface area contributed by atoms with Crippen LogP contribution >= 0.6 is 23.4 Å². The molecular weight excluding hydrogens is 512 g/mol. The molecular formula is C24H23ClN2O8S. The van der Waals surface area contributed by atoms with E-state index in [0.717, 1.165) is 4.90 Å². The number of carbonyl (C=O) groups is 4. The number of thioether (sulfide) groups is 1. The van der Waals surface area contributed by atoms with E-state index in [1.54, 1.807) is 37.3 Å². The summed E-state index contributed by atoms with van der Waals surface area (Å²) in [7, 11) is 2.76. The quantitative estimate of drug-likeness (QED) is 0.356. The molecule has 1 heterocycles. The topological polar surface area (TPSA) is 120 Å². The van der Waals surface area contributed by atoms with Gasteiger partial charge in [-0.15, -0.1) is 0 Å². The maximum atomic E-state index is 12.8. The highest BCUT2D eigenvalue weighted by atomic mass is 35.5. The van der Waals surface area contributed by atoms with Gasteiger partial charge < -0.3 is 24.3 Å². The van der Waals surface area contributed by atoms with Gasteiger partial charge in [0.2, 0.25) is 5.91 Å². The number of rotatable bonds is 10. The lowest BCUT2D eigenvalue weighted by Crippen LogP contribution is -2.36. The molecule has 1 aliphatic rings. The van der Waals surface area contributed by atoms with Crippen molar-refractivity contribution in [3.63, 3.8) is 0 Å². The molecule has 0 radical (unpaired) electrons. The summed E-state index contributed by atoms with van der Waals surface area (Å²) < 4.78 is 20.6. The number of imide groups is 1. The number of methoxy groups -OCH3 is 2. The van der Waals surface area contributed by atoms with Crippen molar-refractivity contribution >= 4 is 58.1 Å². The van der Waals surface area contributed by atoms with E-state index in [1.807, 2.05) is 0 Å². The summed E-state index contributed by atoms with van der Waals surface area (Å²) in [5.41, 5.74) is 0.956. The maximum Gasteiger partial charge on any atom is 0.343 e. The van der Waals surface area contributed by atoms with Gasteiger partial charge in [-0.05, 0) is 66.7 Å². The predicted octanol–water partition coefficient (Wildman–Crippen LogP) is 3.97. The van der Waals surface area contributed by atoms with E-state index in [1.165, 1.54) is 26.4 Å². The molecule has 1 saturated heterocycles. The third-order valence-corrected chi connectivity index (χ3v) is 5.93. The summed E-state index contributed by atoms with van der Waals surface area (Å²) >= 11 is 7.03. The SMILES string of the molecule is CCOc1cc(/C=C2\SC(=O)N(CC(=O)Nc3ccc(OC)cc3)C2=O)cc(Cl)c1OCC(=O)OC. The van der Waals surface area contributed by atoms with Crippen LogP contribution in [0.4, 0.5) is 10.5 Å². The third kappa shape index (κ3) is 6.70. The van der Waals surface area contributed by atoms with Crippen LogP contribution in [0.5, 0.6) is 17.2 Å². The molecule has 12 heteroatoms. The molecule has 0 spiro atoms. The van der Waals surface area contributed by atoms with E-state index in [9.17, 15) is 19.2 Å². The van der Waals surface area contributed by atoms with Crippen LogP contribution in [0.2, 0.25) is 5.02 Å². The number of amides is 3. The number of hydrogen-bond donors (Lipinski definition) is 1. The summed E-state index contributed by atoms with van der Waals surface area (Å²) in [6, 6.07) is 9.69. The van der Waals surface area contributed by atoms with Crippen molar-refractivity contribution in [3.05, 3.63) is 51.9 Å². The van der Waals surface area contributed by atoms with Gasteiger partial charge in [-0.1, -0.05) is 11.6 Å². The summed E-state index contributed by atoms with van der Waals surface area (Å²) in [6.45, 7) is 1.23. The molecule has 1 aliphatic heterocycles. The zero-order valence-electron chi connectivity index (χ0n) is 19.7. The minimum absolute atomic E-state index is 0.110. The number of hydrogen-bond acceptors (Lipinski definition) is 9. The molecule has 0 aliphatic carbocycles. The highest BCUT2D eigenvalue weighted by Gasteiger charge is 2.36. The van der Waals surface area contributed by atoms with Crippen LogP contribution in [-0.4, -0.2) is 61.9 Å². The highest BCUT2D eigenvalue weighted by molar-refractivity contribution is 8.18. The molecule has 0 unspecified atom stereocenters. The third-order valence-electron chi connectivity index (χ3n) is 4.74. The fraction of sp³-hybridized carbons (Fsp3) is 0.250.